The van der Waals surface area contributed by atoms with E-state index in [1.165, 1.54) is 32.4 Å². The van der Waals surface area contributed by atoms with E-state index in [1.807, 2.05) is 6.07 Å². The predicted molar refractivity (Wildman–Crippen MR) is 147 cm³/mol. The van der Waals surface area contributed by atoms with Crippen LogP contribution in [0, 0.1) is 0 Å². The van der Waals surface area contributed by atoms with Gasteiger partial charge in [0, 0.05) is 25.0 Å². The summed E-state index contributed by atoms with van der Waals surface area (Å²) < 4.78 is 12.4. The molecule has 0 spiro atoms. The maximum atomic E-state index is 13.4. The number of ether oxygens (including phenoxy) is 2. The lowest BCUT2D eigenvalue weighted by Crippen LogP contribution is -2.45. The Bertz CT molecular complexity index is 1630. The highest BCUT2D eigenvalue weighted by molar-refractivity contribution is 6.32. The molecule has 2 aromatic heterocycles. The van der Waals surface area contributed by atoms with Gasteiger partial charge in [0.1, 0.15) is 24.6 Å². The van der Waals surface area contributed by atoms with Crippen molar-refractivity contribution < 1.29 is 19.1 Å². The van der Waals surface area contributed by atoms with E-state index in [1.54, 1.807) is 36.7 Å². The van der Waals surface area contributed by atoms with Crippen molar-refractivity contribution in [2.45, 2.75) is 19.5 Å². The summed E-state index contributed by atoms with van der Waals surface area (Å²) in [5.41, 5.74) is 0.0423. The van der Waals surface area contributed by atoms with Crippen molar-refractivity contribution in [3.8, 4) is 11.5 Å². The molecule has 0 saturated carbocycles. The molecule has 4 rings (SSSR count). The SMILES string of the molecule is COc1cc(OC)c(NC(=O)Cn2c(=O)n(CC(=O)NCCc3cccnc3)c(=O)c3ccccc32)cc1Cl. The van der Waals surface area contributed by atoms with Crippen molar-refractivity contribution in [1.82, 2.24) is 19.4 Å². The molecule has 2 N–H and O–H groups in total. The molecule has 12 heteroatoms. The fraction of sp³-hybridized carbons (Fsp3) is 0.222. The van der Waals surface area contributed by atoms with Crippen LogP contribution in [0.4, 0.5) is 5.69 Å². The van der Waals surface area contributed by atoms with Gasteiger partial charge in [-0.25, -0.2) is 4.79 Å². The quantitative estimate of drug-likeness (QED) is 0.309. The molecule has 0 aliphatic rings. The number of aromatic nitrogens is 3. The maximum Gasteiger partial charge on any atom is 0.332 e. The van der Waals surface area contributed by atoms with Crippen LogP contribution in [0.15, 0.2) is 70.5 Å². The summed E-state index contributed by atoms with van der Waals surface area (Å²) in [4.78, 5) is 56.2. The summed E-state index contributed by atoms with van der Waals surface area (Å²) >= 11 is 6.20. The van der Waals surface area contributed by atoms with Gasteiger partial charge in [-0.05, 0) is 36.2 Å². The highest BCUT2D eigenvalue weighted by Gasteiger charge is 2.19. The third kappa shape index (κ3) is 6.27. The molecule has 39 heavy (non-hydrogen) atoms. The van der Waals surface area contributed by atoms with Crippen molar-refractivity contribution in [3.05, 3.63) is 92.3 Å². The largest absolute Gasteiger partial charge is 0.495 e. The summed E-state index contributed by atoms with van der Waals surface area (Å²) in [5.74, 6) is -0.427. The Hall–Kier alpha value is -4.64. The second-order valence-electron chi connectivity index (χ2n) is 8.47. The molecule has 0 radical (unpaired) electrons. The van der Waals surface area contributed by atoms with E-state index in [0.29, 0.717) is 24.5 Å². The third-order valence-electron chi connectivity index (χ3n) is 5.94. The number of halogens is 1. The first-order chi connectivity index (χ1) is 18.8. The number of benzene rings is 2. The van der Waals surface area contributed by atoms with E-state index in [9.17, 15) is 19.2 Å². The van der Waals surface area contributed by atoms with Crippen LogP contribution in [-0.2, 0) is 29.1 Å². The second kappa shape index (κ2) is 12.3. The van der Waals surface area contributed by atoms with Crippen molar-refractivity contribution in [2.75, 3.05) is 26.1 Å². The molecule has 0 aliphatic heterocycles. The average molecular weight is 552 g/mol. The van der Waals surface area contributed by atoms with E-state index in [-0.39, 0.29) is 21.6 Å². The maximum absolute atomic E-state index is 13.4. The minimum atomic E-state index is -0.795. The van der Waals surface area contributed by atoms with Crippen molar-refractivity contribution in [2.24, 2.45) is 0 Å². The Kier molecular flexibility index (Phi) is 8.62. The molecule has 0 atom stereocenters. The normalized spacial score (nSPS) is 10.7. The van der Waals surface area contributed by atoms with Gasteiger partial charge >= 0.3 is 5.69 Å². The van der Waals surface area contributed by atoms with Crippen LogP contribution in [0.5, 0.6) is 11.5 Å². The lowest BCUT2D eigenvalue weighted by atomic mass is 10.2. The molecule has 2 amide bonds. The number of methoxy groups -OCH3 is 2. The van der Waals surface area contributed by atoms with Crippen molar-refractivity contribution >= 4 is 40.0 Å². The van der Waals surface area contributed by atoms with Gasteiger partial charge in [-0.1, -0.05) is 29.8 Å². The molecule has 0 unspecified atom stereocenters. The number of nitrogens with one attached hydrogen (secondary N) is 2. The van der Waals surface area contributed by atoms with Gasteiger partial charge in [0.25, 0.3) is 5.56 Å². The van der Waals surface area contributed by atoms with Crippen LogP contribution in [0.25, 0.3) is 10.9 Å². The summed E-state index contributed by atoms with van der Waals surface area (Å²) in [6.45, 7) is -0.635. The van der Waals surface area contributed by atoms with Crippen LogP contribution >= 0.6 is 11.6 Å². The molecule has 202 valence electrons. The zero-order valence-corrected chi connectivity index (χ0v) is 22.0. The van der Waals surface area contributed by atoms with Gasteiger partial charge in [-0.15, -0.1) is 0 Å². The Labute approximate surface area is 228 Å². The summed E-state index contributed by atoms with van der Waals surface area (Å²) in [6.07, 6.45) is 3.89. The van der Waals surface area contributed by atoms with Crippen molar-refractivity contribution in [3.63, 3.8) is 0 Å². The van der Waals surface area contributed by atoms with Gasteiger partial charge in [-0.3, -0.25) is 28.5 Å². The average Bonchev–Trinajstić information content (AvgIpc) is 2.94. The molecular formula is C27H26ClN5O6. The number of amides is 2. The fourth-order valence-electron chi connectivity index (χ4n) is 4.05. The minimum absolute atomic E-state index is 0.193. The van der Waals surface area contributed by atoms with Crippen LogP contribution in [-0.4, -0.2) is 46.7 Å². The monoisotopic (exact) mass is 551 g/mol. The van der Waals surface area contributed by atoms with Gasteiger partial charge in [-0.2, -0.15) is 0 Å². The van der Waals surface area contributed by atoms with E-state index in [2.05, 4.69) is 15.6 Å². The number of fused-ring (bicyclic) bond motifs is 1. The van der Waals surface area contributed by atoms with Crippen LogP contribution in [0.1, 0.15) is 5.56 Å². The van der Waals surface area contributed by atoms with Gasteiger partial charge in [0.05, 0.1) is 35.8 Å². The molecule has 0 fully saturated rings. The number of nitrogens with zero attached hydrogens (tertiary/aromatic N) is 3. The summed E-state index contributed by atoms with van der Waals surface area (Å²) in [6, 6.07) is 13.1. The number of carbonyl (C=O) groups excluding carboxylic acids is 2. The first-order valence-electron chi connectivity index (χ1n) is 11.9. The molecule has 0 aliphatic carbocycles. The number of para-hydroxylation sites is 1. The van der Waals surface area contributed by atoms with Gasteiger partial charge in [0.15, 0.2) is 0 Å². The number of pyridine rings is 1. The highest BCUT2D eigenvalue weighted by Crippen LogP contribution is 2.35. The van der Waals surface area contributed by atoms with Gasteiger partial charge < -0.3 is 20.1 Å². The standard InChI is InChI=1S/C27H26ClN5O6/c1-38-22-13-23(39-2)20(12-19(22)28)31-25(35)16-32-21-8-4-3-7-18(21)26(36)33(27(32)37)15-24(34)30-11-9-17-6-5-10-29-14-17/h3-8,10,12-14H,9,11,15-16H2,1-2H3,(H,30,34)(H,31,35). The number of anilines is 1. The van der Waals surface area contributed by atoms with E-state index < -0.39 is 36.2 Å². The molecule has 4 aromatic rings. The Morgan fingerprint density at radius 3 is 2.41 bits per heavy atom. The second-order valence-corrected chi connectivity index (χ2v) is 8.88. The molecule has 0 saturated heterocycles. The molecule has 2 heterocycles. The first-order valence-corrected chi connectivity index (χ1v) is 12.3. The lowest BCUT2D eigenvalue weighted by molar-refractivity contribution is -0.121. The van der Waals surface area contributed by atoms with Crippen molar-refractivity contribution in [1.29, 1.82) is 0 Å². The Balaban J connectivity index is 1.58. The smallest absolute Gasteiger partial charge is 0.332 e. The van der Waals surface area contributed by atoms with Gasteiger partial charge in [0.2, 0.25) is 11.8 Å². The number of hydrogen-bond acceptors (Lipinski definition) is 7. The third-order valence-corrected chi connectivity index (χ3v) is 6.24. The van der Waals surface area contributed by atoms with Crippen LogP contribution in [0.3, 0.4) is 0 Å². The minimum Gasteiger partial charge on any atom is -0.495 e. The number of carbonyl (C=O) groups is 2. The zero-order valence-electron chi connectivity index (χ0n) is 21.3. The van der Waals surface area contributed by atoms with E-state index >= 15 is 0 Å². The fourth-order valence-corrected chi connectivity index (χ4v) is 4.29. The summed E-state index contributed by atoms with van der Waals surface area (Å²) in [5, 5.41) is 5.83. The summed E-state index contributed by atoms with van der Waals surface area (Å²) in [7, 11) is 2.88. The lowest BCUT2D eigenvalue weighted by Gasteiger charge is -2.16. The van der Waals surface area contributed by atoms with E-state index in [4.69, 9.17) is 21.1 Å². The molecule has 0 bridgehead atoms. The number of hydrogen-bond donors (Lipinski definition) is 2. The van der Waals surface area contributed by atoms with Crippen LogP contribution in [0.2, 0.25) is 5.02 Å². The highest BCUT2D eigenvalue weighted by atomic mass is 35.5. The van der Waals surface area contributed by atoms with E-state index in [0.717, 1.165) is 14.7 Å². The topological polar surface area (TPSA) is 134 Å². The molecular weight excluding hydrogens is 526 g/mol. The molecule has 11 nitrogen and oxygen atoms in total. The first kappa shape index (κ1) is 27.4. The predicted octanol–water partition coefficient (Wildman–Crippen LogP) is 2.23. The zero-order chi connectivity index (χ0) is 27.9. The Morgan fingerprint density at radius 2 is 1.69 bits per heavy atom. The molecule has 2 aromatic carbocycles. The van der Waals surface area contributed by atoms with Crippen LogP contribution < -0.4 is 31.4 Å². The Morgan fingerprint density at radius 1 is 0.949 bits per heavy atom. The number of rotatable bonds is 10.